The maximum absolute atomic E-state index is 12.3. The first-order chi connectivity index (χ1) is 12.4. The number of amidine groups is 1. The summed E-state index contributed by atoms with van der Waals surface area (Å²) in [7, 11) is -2.95. The topological polar surface area (TPSA) is 87.6 Å². The summed E-state index contributed by atoms with van der Waals surface area (Å²) in [5.74, 6) is 0.249. The van der Waals surface area contributed by atoms with Gasteiger partial charge in [0.1, 0.15) is 0 Å². The molecule has 1 saturated heterocycles. The van der Waals surface area contributed by atoms with E-state index in [1.165, 1.54) is 11.8 Å². The van der Waals surface area contributed by atoms with Crippen molar-refractivity contribution >= 4 is 38.4 Å². The van der Waals surface area contributed by atoms with Crippen molar-refractivity contribution in [2.45, 2.75) is 44.4 Å². The number of carbonyl (C=O) groups excluding carboxylic acids is 1. The molecule has 2 heterocycles. The van der Waals surface area contributed by atoms with Gasteiger partial charge in [0.2, 0.25) is 0 Å². The lowest BCUT2D eigenvalue weighted by molar-refractivity contribution is 0.0953. The molecule has 2 aliphatic heterocycles. The third kappa shape index (κ3) is 4.59. The number of fused-ring (bicyclic) bond motifs is 1. The van der Waals surface area contributed by atoms with E-state index in [-0.39, 0.29) is 28.7 Å². The van der Waals surface area contributed by atoms with Crippen molar-refractivity contribution in [1.29, 1.82) is 0 Å². The highest BCUT2D eigenvalue weighted by Gasteiger charge is 2.42. The number of unbranched alkanes of at least 4 members (excludes halogenated alkanes) is 2. The number of amides is 1. The first-order valence-electron chi connectivity index (χ1n) is 8.98. The third-order valence-corrected chi connectivity index (χ3v) is 7.77. The Bertz CT molecular complexity index is 821. The zero-order valence-electron chi connectivity index (χ0n) is 15.1. The second-order valence-electron chi connectivity index (χ2n) is 6.85. The Morgan fingerprint density at radius 2 is 2.12 bits per heavy atom. The molecule has 0 bridgehead atoms. The zero-order chi connectivity index (χ0) is 18.7. The van der Waals surface area contributed by atoms with E-state index in [4.69, 9.17) is 0 Å². The van der Waals surface area contributed by atoms with Crippen LogP contribution in [0, 0.1) is 6.92 Å². The number of carbonyl (C=O) groups is 1. The van der Waals surface area contributed by atoms with Crippen LogP contribution in [0.25, 0.3) is 0 Å². The Morgan fingerprint density at radius 3 is 2.85 bits per heavy atom. The van der Waals surface area contributed by atoms with Crippen LogP contribution in [0.4, 0.5) is 5.69 Å². The van der Waals surface area contributed by atoms with Crippen molar-refractivity contribution in [2.75, 3.05) is 23.4 Å². The molecule has 1 aromatic carbocycles. The minimum absolute atomic E-state index is 0.00727. The summed E-state index contributed by atoms with van der Waals surface area (Å²) in [5.41, 5.74) is 2.46. The lowest BCUT2D eigenvalue weighted by Gasteiger charge is -2.12. The molecule has 2 atom stereocenters. The van der Waals surface area contributed by atoms with E-state index in [1.807, 2.05) is 25.1 Å². The maximum atomic E-state index is 12.3. The monoisotopic (exact) mass is 395 g/mol. The molecule has 1 amide bonds. The van der Waals surface area contributed by atoms with Crippen molar-refractivity contribution in [3.05, 3.63) is 29.3 Å². The molecule has 0 aromatic heterocycles. The average molecular weight is 396 g/mol. The van der Waals surface area contributed by atoms with Crippen molar-refractivity contribution in [1.82, 2.24) is 5.32 Å². The number of anilines is 1. The second-order valence-corrected chi connectivity index (χ2v) is 10.2. The van der Waals surface area contributed by atoms with Crippen LogP contribution >= 0.6 is 11.8 Å². The lowest BCUT2D eigenvalue weighted by atomic mass is 10.1. The number of hydrogen-bond acceptors (Lipinski definition) is 6. The molecule has 0 saturated carbocycles. The molecule has 26 heavy (non-hydrogen) atoms. The smallest absolute Gasteiger partial charge is 0.251 e. The molecule has 6 nitrogen and oxygen atoms in total. The number of sulfone groups is 1. The highest BCUT2D eigenvalue weighted by atomic mass is 32.2. The van der Waals surface area contributed by atoms with Crippen LogP contribution in [0.2, 0.25) is 0 Å². The summed E-state index contributed by atoms with van der Waals surface area (Å²) in [6, 6.07) is 5.41. The molecule has 2 N–H and O–H groups in total. The second kappa shape index (κ2) is 8.00. The van der Waals surface area contributed by atoms with Crippen LogP contribution in [0.15, 0.2) is 23.2 Å². The number of thioether (sulfide) groups is 1. The molecular formula is C18H25N3O3S2. The van der Waals surface area contributed by atoms with Crippen molar-refractivity contribution < 1.29 is 13.2 Å². The van der Waals surface area contributed by atoms with E-state index in [2.05, 4.69) is 22.5 Å². The molecule has 3 rings (SSSR count). The van der Waals surface area contributed by atoms with Crippen molar-refractivity contribution in [2.24, 2.45) is 4.99 Å². The average Bonchev–Trinajstić information content (AvgIpc) is 3.06. The first-order valence-corrected chi connectivity index (χ1v) is 11.7. The molecule has 0 unspecified atom stereocenters. The Morgan fingerprint density at radius 1 is 1.31 bits per heavy atom. The van der Waals surface area contributed by atoms with Crippen LogP contribution in [-0.4, -0.2) is 48.8 Å². The van der Waals surface area contributed by atoms with Gasteiger partial charge in [-0.25, -0.2) is 8.42 Å². The summed E-state index contributed by atoms with van der Waals surface area (Å²) < 4.78 is 23.3. The van der Waals surface area contributed by atoms with Crippen LogP contribution in [0.5, 0.6) is 0 Å². The van der Waals surface area contributed by atoms with Gasteiger partial charge in [0.05, 0.1) is 17.5 Å². The predicted molar refractivity (Wildman–Crippen MR) is 108 cm³/mol. The molecule has 0 aliphatic carbocycles. The van der Waals surface area contributed by atoms with Gasteiger partial charge in [-0.05, 0) is 31.0 Å². The van der Waals surface area contributed by atoms with Gasteiger partial charge in [-0.3, -0.25) is 9.79 Å². The normalized spacial score (nSPS) is 23.4. The number of benzene rings is 1. The molecule has 0 radical (unpaired) electrons. The molecule has 1 fully saturated rings. The lowest BCUT2D eigenvalue weighted by Crippen LogP contribution is -2.24. The number of aryl methyl sites for hydroxylation is 1. The molecule has 1 aromatic rings. The number of aliphatic imine (C=N–C) groups is 1. The number of rotatable bonds is 6. The first kappa shape index (κ1) is 19.2. The summed E-state index contributed by atoms with van der Waals surface area (Å²) in [5, 5.41) is 6.96. The molecule has 8 heteroatoms. The quantitative estimate of drug-likeness (QED) is 0.723. The predicted octanol–water partition coefficient (Wildman–Crippen LogP) is 2.60. The van der Waals surface area contributed by atoms with Crippen LogP contribution < -0.4 is 10.6 Å². The van der Waals surface area contributed by atoms with Crippen LogP contribution in [0.3, 0.4) is 0 Å². The van der Waals surface area contributed by atoms with Gasteiger partial charge >= 0.3 is 0 Å². The Kier molecular flexibility index (Phi) is 5.92. The summed E-state index contributed by atoms with van der Waals surface area (Å²) in [6.07, 6.45) is 3.21. The van der Waals surface area contributed by atoms with Gasteiger partial charge in [-0.2, -0.15) is 0 Å². The minimum Gasteiger partial charge on any atom is -0.352 e. The maximum Gasteiger partial charge on any atom is 0.251 e. The van der Waals surface area contributed by atoms with Gasteiger partial charge in [-0.15, -0.1) is 0 Å². The van der Waals surface area contributed by atoms with Gasteiger partial charge in [-0.1, -0.05) is 37.6 Å². The fraction of sp³-hybridized carbons (Fsp3) is 0.556. The fourth-order valence-corrected chi connectivity index (χ4v) is 6.78. The van der Waals surface area contributed by atoms with Gasteiger partial charge in [0, 0.05) is 23.0 Å². The largest absolute Gasteiger partial charge is 0.352 e. The number of nitrogens with one attached hydrogen (secondary N) is 2. The van der Waals surface area contributed by atoms with Crippen LogP contribution in [0.1, 0.15) is 42.1 Å². The van der Waals surface area contributed by atoms with Crippen LogP contribution in [-0.2, 0) is 9.84 Å². The molecule has 2 aliphatic rings. The fourth-order valence-electron chi connectivity index (χ4n) is 3.11. The minimum atomic E-state index is -2.95. The number of hydrogen-bond donors (Lipinski definition) is 2. The van der Waals surface area contributed by atoms with E-state index in [0.717, 1.165) is 35.7 Å². The van der Waals surface area contributed by atoms with Crippen molar-refractivity contribution in [3.8, 4) is 0 Å². The Balaban J connectivity index is 1.65. The van der Waals surface area contributed by atoms with E-state index in [1.54, 1.807) is 0 Å². The Hall–Kier alpha value is -1.54. The van der Waals surface area contributed by atoms with Gasteiger partial charge in [0.15, 0.2) is 15.0 Å². The third-order valence-electron chi connectivity index (χ3n) is 4.63. The molecule has 142 valence electrons. The summed E-state index contributed by atoms with van der Waals surface area (Å²) >= 11 is 1.48. The Labute approximate surface area is 159 Å². The van der Waals surface area contributed by atoms with E-state index < -0.39 is 9.84 Å². The highest BCUT2D eigenvalue weighted by molar-refractivity contribution is 8.15. The van der Waals surface area contributed by atoms with Gasteiger partial charge in [0.25, 0.3) is 5.91 Å². The summed E-state index contributed by atoms with van der Waals surface area (Å²) in [4.78, 5) is 16.8. The zero-order valence-corrected chi connectivity index (χ0v) is 16.8. The summed E-state index contributed by atoms with van der Waals surface area (Å²) in [6.45, 7) is 4.79. The van der Waals surface area contributed by atoms with Gasteiger partial charge < -0.3 is 10.6 Å². The molecular weight excluding hydrogens is 370 g/mol. The standard InChI is InChI=1S/C18H25N3O3S2/c1-3-4-5-8-19-17(22)13-7-6-12(2)14(9-13)20-18-21-15-10-26(23,24)11-16(15)25-18/h6-7,9,15-16H,3-5,8,10-11H2,1-2H3,(H,19,22)(H,20,21)/t15-,16+/m0/s1. The highest BCUT2D eigenvalue weighted by Crippen LogP contribution is 2.35. The van der Waals surface area contributed by atoms with E-state index >= 15 is 0 Å². The van der Waals surface area contributed by atoms with E-state index in [0.29, 0.717) is 12.1 Å². The van der Waals surface area contributed by atoms with E-state index in [9.17, 15) is 13.2 Å². The molecule has 0 spiro atoms. The SMILES string of the molecule is CCCCCNC(=O)c1ccc(C)c(NC2=N[C@H]3CS(=O)(=O)C[C@H]3S2)c1. The van der Waals surface area contributed by atoms with Crippen molar-refractivity contribution in [3.63, 3.8) is 0 Å². The number of nitrogens with zero attached hydrogens (tertiary/aromatic N) is 1.